The van der Waals surface area contributed by atoms with Gasteiger partial charge >= 0.3 is 0 Å². The van der Waals surface area contributed by atoms with Gasteiger partial charge < -0.3 is 5.11 Å². The largest absolute Gasteiger partial charge is 0.507 e. The first kappa shape index (κ1) is 15.7. The number of hydrogen-bond acceptors (Lipinski definition) is 4. The molecule has 0 unspecified atom stereocenters. The lowest BCUT2D eigenvalue weighted by Gasteiger charge is -2.04. The summed E-state index contributed by atoms with van der Waals surface area (Å²) in [5, 5.41) is 13.7. The van der Waals surface area contributed by atoms with E-state index in [9.17, 15) is 9.90 Å². The normalized spacial score (nSPS) is 10.8. The summed E-state index contributed by atoms with van der Waals surface area (Å²) in [4.78, 5) is 15.8. The maximum atomic E-state index is 11.8. The number of phenols is 1. The number of nitrogens with zero attached hydrogens (tertiary/aromatic N) is 2. The molecule has 1 amide bonds. The fourth-order valence-corrected chi connectivity index (χ4v) is 2.58. The minimum Gasteiger partial charge on any atom is -0.507 e. The highest BCUT2D eigenvalue weighted by Gasteiger charge is 2.06. The molecule has 5 nitrogen and oxygen atoms in total. The molecule has 0 bridgehead atoms. The number of amides is 1. The third-order valence-corrected chi connectivity index (χ3v) is 3.52. The number of halogens is 2. The molecular weight excluding hydrogens is 402 g/mol. The average Bonchev–Trinajstić information content (AvgIpc) is 2.43. The quantitative estimate of drug-likeness (QED) is 0.599. The Labute approximate surface area is 138 Å². The summed E-state index contributed by atoms with van der Waals surface area (Å²) in [5.74, 6) is -0.258. The molecule has 2 N–H and O–H groups in total. The Morgan fingerprint density at radius 1 is 1.29 bits per heavy atom. The molecule has 1 heterocycles. The number of aromatic nitrogens is 1. The van der Waals surface area contributed by atoms with Crippen molar-refractivity contribution in [3.05, 3.63) is 56.2 Å². The molecule has 0 radical (unpaired) electrons. The maximum absolute atomic E-state index is 11.8. The lowest BCUT2D eigenvalue weighted by atomic mass is 10.1. The number of benzene rings is 1. The Balaban J connectivity index is 2.11. The zero-order valence-electron chi connectivity index (χ0n) is 11.0. The minimum absolute atomic E-state index is 0.125. The second-order valence-corrected chi connectivity index (χ2v) is 6.08. The van der Waals surface area contributed by atoms with Gasteiger partial charge in [-0.05, 0) is 46.6 Å². The average molecular weight is 413 g/mol. The first-order chi connectivity index (χ1) is 9.97. The van der Waals surface area contributed by atoms with Gasteiger partial charge in [0.1, 0.15) is 5.75 Å². The highest BCUT2D eigenvalue weighted by molar-refractivity contribution is 9.10. The fourth-order valence-electron chi connectivity index (χ4n) is 1.62. The molecule has 0 saturated heterocycles. The van der Waals surface area contributed by atoms with Crippen molar-refractivity contribution in [1.29, 1.82) is 0 Å². The summed E-state index contributed by atoms with van der Waals surface area (Å²) in [7, 11) is 0. The molecule has 0 fully saturated rings. The van der Waals surface area contributed by atoms with E-state index in [2.05, 4.69) is 47.4 Å². The molecule has 1 aromatic carbocycles. The van der Waals surface area contributed by atoms with Gasteiger partial charge in [-0.3, -0.25) is 9.78 Å². The Morgan fingerprint density at radius 3 is 2.76 bits per heavy atom. The van der Waals surface area contributed by atoms with Crippen LogP contribution in [-0.2, 0) is 0 Å². The summed E-state index contributed by atoms with van der Waals surface area (Å²) in [6, 6.07) is 5.13. The molecule has 0 spiro atoms. The Bertz CT molecular complexity index is 717. The van der Waals surface area contributed by atoms with Gasteiger partial charge in [0.05, 0.1) is 11.8 Å². The van der Waals surface area contributed by atoms with Crippen molar-refractivity contribution >= 4 is 44.0 Å². The monoisotopic (exact) mass is 411 g/mol. The van der Waals surface area contributed by atoms with Crippen LogP contribution >= 0.6 is 31.9 Å². The summed E-state index contributed by atoms with van der Waals surface area (Å²) >= 11 is 6.58. The lowest BCUT2D eigenvalue weighted by molar-refractivity contribution is 0.0954. The van der Waals surface area contributed by atoms with E-state index in [1.54, 1.807) is 31.3 Å². The van der Waals surface area contributed by atoms with Crippen LogP contribution in [0.4, 0.5) is 0 Å². The van der Waals surface area contributed by atoms with E-state index in [4.69, 9.17) is 0 Å². The number of hydrazone groups is 1. The van der Waals surface area contributed by atoms with Crippen LogP contribution < -0.4 is 5.43 Å². The van der Waals surface area contributed by atoms with E-state index in [1.165, 1.54) is 12.4 Å². The Hall–Kier alpha value is -1.73. The highest BCUT2D eigenvalue weighted by Crippen LogP contribution is 2.25. The topological polar surface area (TPSA) is 74.6 Å². The van der Waals surface area contributed by atoms with Gasteiger partial charge in [0.2, 0.25) is 0 Å². The SMILES string of the molecule is Cc1cc(Br)cc(/C=N/NC(=O)c2cncc(Br)c2)c1O. The van der Waals surface area contributed by atoms with Crippen molar-refractivity contribution in [3.8, 4) is 5.75 Å². The summed E-state index contributed by atoms with van der Waals surface area (Å²) in [6.45, 7) is 1.78. The number of aryl methyl sites for hydroxylation is 1. The molecule has 108 valence electrons. The van der Waals surface area contributed by atoms with Crippen LogP contribution in [0.15, 0.2) is 44.6 Å². The number of hydrogen-bond donors (Lipinski definition) is 2. The molecule has 7 heteroatoms. The van der Waals surface area contributed by atoms with Crippen molar-refractivity contribution in [2.45, 2.75) is 6.92 Å². The lowest BCUT2D eigenvalue weighted by Crippen LogP contribution is -2.17. The molecule has 0 aliphatic rings. The molecule has 2 aromatic rings. The number of pyridine rings is 1. The number of nitrogens with one attached hydrogen (secondary N) is 1. The van der Waals surface area contributed by atoms with Crippen molar-refractivity contribution in [1.82, 2.24) is 10.4 Å². The summed E-state index contributed by atoms with van der Waals surface area (Å²) < 4.78 is 1.53. The standard InChI is InChI=1S/C14H11Br2N3O2/c1-8-2-11(15)3-9(13(8)20)6-18-19-14(21)10-4-12(16)7-17-5-10/h2-7,20H,1H3,(H,19,21)/b18-6+. The third-order valence-electron chi connectivity index (χ3n) is 2.63. The van der Waals surface area contributed by atoms with Gasteiger partial charge in [0.25, 0.3) is 5.91 Å². The zero-order valence-corrected chi connectivity index (χ0v) is 14.1. The van der Waals surface area contributed by atoms with Crippen LogP contribution in [0.3, 0.4) is 0 Å². The van der Waals surface area contributed by atoms with Crippen LogP contribution in [-0.4, -0.2) is 22.2 Å². The summed E-state index contributed by atoms with van der Waals surface area (Å²) in [6.07, 6.45) is 4.41. The predicted octanol–water partition coefficient (Wildman–Crippen LogP) is 3.38. The highest BCUT2D eigenvalue weighted by atomic mass is 79.9. The smallest absolute Gasteiger partial charge is 0.272 e. The molecule has 0 atom stereocenters. The van der Waals surface area contributed by atoms with E-state index in [0.717, 1.165) is 4.47 Å². The second kappa shape index (κ2) is 6.82. The van der Waals surface area contributed by atoms with Gasteiger partial charge in [-0.15, -0.1) is 0 Å². The predicted molar refractivity (Wildman–Crippen MR) is 87.5 cm³/mol. The van der Waals surface area contributed by atoms with Crippen molar-refractivity contribution in [3.63, 3.8) is 0 Å². The second-order valence-electron chi connectivity index (χ2n) is 4.25. The zero-order chi connectivity index (χ0) is 15.4. The number of carbonyl (C=O) groups is 1. The number of carbonyl (C=O) groups excluding carboxylic acids is 1. The van der Waals surface area contributed by atoms with E-state index in [1.807, 2.05) is 0 Å². The van der Waals surface area contributed by atoms with Gasteiger partial charge in [-0.25, -0.2) is 5.43 Å². The molecular formula is C14H11Br2N3O2. The van der Waals surface area contributed by atoms with Crippen molar-refractivity contribution in [2.24, 2.45) is 5.10 Å². The molecule has 0 saturated carbocycles. The van der Waals surface area contributed by atoms with Gasteiger partial charge in [0, 0.05) is 26.9 Å². The number of rotatable bonds is 3. The molecule has 2 rings (SSSR count). The van der Waals surface area contributed by atoms with Crippen LogP contribution in [0.5, 0.6) is 5.75 Å². The van der Waals surface area contributed by atoms with Gasteiger partial charge in [0.15, 0.2) is 0 Å². The van der Waals surface area contributed by atoms with Crippen LogP contribution in [0.25, 0.3) is 0 Å². The van der Waals surface area contributed by atoms with Crippen LogP contribution in [0, 0.1) is 6.92 Å². The van der Waals surface area contributed by atoms with E-state index in [0.29, 0.717) is 21.2 Å². The maximum Gasteiger partial charge on any atom is 0.272 e. The Morgan fingerprint density at radius 2 is 2.05 bits per heavy atom. The summed E-state index contributed by atoms with van der Waals surface area (Å²) in [5.41, 5.74) is 3.99. The van der Waals surface area contributed by atoms with Gasteiger partial charge in [-0.1, -0.05) is 15.9 Å². The van der Waals surface area contributed by atoms with Gasteiger partial charge in [-0.2, -0.15) is 5.10 Å². The first-order valence-electron chi connectivity index (χ1n) is 5.90. The van der Waals surface area contributed by atoms with Crippen LogP contribution in [0.1, 0.15) is 21.5 Å². The van der Waals surface area contributed by atoms with Crippen molar-refractivity contribution in [2.75, 3.05) is 0 Å². The van der Waals surface area contributed by atoms with E-state index >= 15 is 0 Å². The first-order valence-corrected chi connectivity index (χ1v) is 7.49. The van der Waals surface area contributed by atoms with Crippen molar-refractivity contribution < 1.29 is 9.90 Å². The molecule has 1 aromatic heterocycles. The van der Waals surface area contributed by atoms with Crippen LogP contribution in [0.2, 0.25) is 0 Å². The molecule has 21 heavy (non-hydrogen) atoms. The number of phenolic OH excluding ortho intramolecular Hbond substituents is 1. The minimum atomic E-state index is -0.383. The fraction of sp³-hybridized carbons (Fsp3) is 0.0714. The number of aromatic hydroxyl groups is 1. The molecule has 0 aliphatic heterocycles. The molecule has 0 aliphatic carbocycles. The Kier molecular flexibility index (Phi) is 5.08. The van der Waals surface area contributed by atoms with E-state index in [-0.39, 0.29) is 11.7 Å². The third kappa shape index (κ3) is 4.12. The van der Waals surface area contributed by atoms with E-state index < -0.39 is 0 Å².